The Labute approximate surface area is 166 Å². The van der Waals surface area contributed by atoms with Gasteiger partial charge in [-0.1, -0.05) is 104 Å². The van der Waals surface area contributed by atoms with E-state index in [2.05, 4.69) is 23.8 Å². The van der Waals surface area contributed by atoms with Crippen LogP contribution in [0.3, 0.4) is 0 Å². The molecule has 154 valence electrons. The van der Waals surface area contributed by atoms with Gasteiger partial charge in [-0.3, -0.25) is 0 Å². The Morgan fingerprint density at radius 2 is 1.04 bits per heavy atom. The van der Waals surface area contributed by atoms with E-state index in [9.17, 15) is 0 Å². The molecular formula is C23H47N2P. The van der Waals surface area contributed by atoms with Crippen LogP contribution in [0.25, 0.3) is 0 Å². The lowest BCUT2D eigenvalue weighted by Gasteiger charge is -2.03. The monoisotopic (exact) mass is 382 g/mol. The van der Waals surface area contributed by atoms with Crippen molar-refractivity contribution in [3.05, 3.63) is 18.7 Å². The molecule has 0 aromatic carbocycles. The molecule has 26 heavy (non-hydrogen) atoms. The third-order valence-electron chi connectivity index (χ3n) is 4.82. The summed E-state index contributed by atoms with van der Waals surface area (Å²) in [6, 6.07) is 0. The van der Waals surface area contributed by atoms with E-state index in [0.29, 0.717) is 0 Å². The minimum absolute atomic E-state index is 1.26. The molecule has 1 N–H and O–H groups in total. The van der Waals surface area contributed by atoms with Gasteiger partial charge in [0.1, 0.15) is 0 Å². The highest BCUT2D eigenvalue weighted by Gasteiger charge is 1.94. The zero-order valence-electron chi connectivity index (χ0n) is 17.9. The molecule has 1 aromatic heterocycles. The molecule has 0 aliphatic rings. The second-order valence-electron chi connectivity index (χ2n) is 7.46. The fourth-order valence-corrected chi connectivity index (χ4v) is 4.36. The first-order chi connectivity index (χ1) is 12.9. The van der Waals surface area contributed by atoms with E-state index < -0.39 is 0 Å². The summed E-state index contributed by atoms with van der Waals surface area (Å²) in [4.78, 5) is 6.42. The van der Waals surface area contributed by atoms with Crippen LogP contribution >= 0.6 is 8.58 Å². The highest BCUT2D eigenvalue weighted by atomic mass is 31.1. The number of aromatic amines is 1. The van der Waals surface area contributed by atoms with E-state index in [4.69, 9.17) is 0 Å². The van der Waals surface area contributed by atoms with Gasteiger partial charge >= 0.3 is 0 Å². The van der Waals surface area contributed by atoms with Gasteiger partial charge in [0.05, 0.1) is 6.33 Å². The zero-order valence-corrected chi connectivity index (χ0v) is 18.9. The maximum Gasteiger partial charge on any atom is 0.0919 e. The summed E-state index contributed by atoms with van der Waals surface area (Å²) in [6.45, 7) is 4.60. The average molecular weight is 383 g/mol. The van der Waals surface area contributed by atoms with Crippen molar-refractivity contribution < 1.29 is 0 Å². The third kappa shape index (κ3) is 23.6. The standard InChI is InChI=1S/C20H43P.C3H4N2/c1-3-5-7-9-10-11-12-13-14-15-16-18-20-21-19-17-8-6-4-2;1-2-5-3-4-1/h21H,3-20H2,1-2H3;1-3H,(H,4,5). The molecule has 1 rings (SSSR count). The van der Waals surface area contributed by atoms with E-state index >= 15 is 0 Å². The summed E-state index contributed by atoms with van der Waals surface area (Å²) in [7, 11) is 1.26. The first-order valence-electron chi connectivity index (χ1n) is 11.5. The van der Waals surface area contributed by atoms with Gasteiger partial charge in [-0.05, 0) is 25.2 Å². The summed E-state index contributed by atoms with van der Waals surface area (Å²) < 4.78 is 0. The zero-order chi connectivity index (χ0) is 19.0. The lowest BCUT2D eigenvalue weighted by Crippen LogP contribution is -1.85. The summed E-state index contributed by atoms with van der Waals surface area (Å²) >= 11 is 0. The van der Waals surface area contributed by atoms with Crippen LogP contribution in [-0.2, 0) is 0 Å². The molecule has 3 heteroatoms. The van der Waals surface area contributed by atoms with Crippen molar-refractivity contribution in [2.75, 3.05) is 12.3 Å². The fraction of sp³-hybridized carbons (Fsp3) is 0.870. The van der Waals surface area contributed by atoms with Gasteiger partial charge in [0.15, 0.2) is 0 Å². The maximum atomic E-state index is 3.67. The number of hydrogen-bond donors (Lipinski definition) is 1. The van der Waals surface area contributed by atoms with Crippen molar-refractivity contribution in [2.24, 2.45) is 0 Å². The topological polar surface area (TPSA) is 28.7 Å². The van der Waals surface area contributed by atoms with E-state index in [1.807, 2.05) is 0 Å². The van der Waals surface area contributed by atoms with Crippen LogP contribution in [0.1, 0.15) is 117 Å². The van der Waals surface area contributed by atoms with E-state index in [-0.39, 0.29) is 0 Å². The summed E-state index contributed by atoms with van der Waals surface area (Å²) in [5.41, 5.74) is 0. The lowest BCUT2D eigenvalue weighted by atomic mass is 10.1. The van der Waals surface area contributed by atoms with Crippen molar-refractivity contribution >= 4 is 8.58 Å². The van der Waals surface area contributed by atoms with Crippen LogP contribution in [0.2, 0.25) is 0 Å². The third-order valence-corrected chi connectivity index (χ3v) is 6.23. The Kier molecular flexibility index (Phi) is 24.3. The molecule has 0 fully saturated rings. The number of nitrogens with zero attached hydrogens (tertiary/aromatic N) is 1. The molecule has 1 heterocycles. The number of imidazole rings is 1. The van der Waals surface area contributed by atoms with Crippen LogP contribution < -0.4 is 0 Å². The largest absolute Gasteiger partial charge is 0.351 e. The minimum atomic E-state index is 1.26. The molecule has 0 aliphatic heterocycles. The van der Waals surface area contributed by atoms with Gasteiger partial charge in [-0.2, -0.15) is 0 Å². The molecule has 0 saturated heterocycles. The van der Waals surface area contributed by atoms with Crippen molar-refractivity contribution in [3.8, 4) is 0 Å². The van der Waals surface area contributed by atoms with Gasteiger partial charge in [0, 0.05) is 12.4 Å². The number of unbranched alkanes of at least 4 members (excludes halogenated alkanes) is 14. The number of aromatic nitrogens is 2. The highest BCUT2D eigenvalue weighted by Crippen LogP contribution is 2.18. The van der Waals surface area contributed by atoms with Crippen molar-refractivity contribution in [2.45, 2.75) is 117 Å². The molecular weight excluding hydrogens is 335 g/mol. The molecule has 0 bridgehead atoms. The molecule has 0 spiro atoms. The second kappa shape index (κ2) is 24.6. The SMILES string of the molecule is CCCCCCCCCCCCCCPCCCCCC.c1c[nH]cn1. The van der Waals surface area contributed by atoms with E-state index in [1.54, 1.807) is 18.7 Å². The molecule has 0 aliphatic carbocycles. The number of H-pyrrole nitrogens is 1. The van der Waals surface area contributed by atoms with E-state index in [1.165, 1.54) is 124 Å². The number of hydrogen-bond acceptors (Lipinski definition) is 1. The summed E-state index contributed by atoms with van der Waals surface area (Å²) in [5.74, 6) is 0. The molecule has 1 atom stereocenters. The van der Waals surface area contributed by atoms with Gasteiger partial charge in [0.25, 0.3) is 0 Å². The number of rotatable bonds is 18. The Hall–Kier alpha value is -0.360. The van der Waals surface area contributed by atoms with Crippen molar-refractivity contribution in [3.63, 3.8) is 0 Å². The van der Waals surface area contributed by atoms with Gasteiger partial charge in [-0.25, -0.2) is 4.98 Å². The predicted molar refractivity (Wildman–Crippen MR) is 122 cm³/mol. The van der Waals surface area contributed by atoms with Crippen LogP contribution in [0, 0.1) is 0 Å². The highest BCUT2D eigenvalue weighted by molar-refractivity contribution is 7.37. The Morgan fingerprint density at radius 1 is 0.615 bits per heavy atom. The van der Waals surface area contributed by atoms with Crippen LogP contribution in [0.5, 0.6) is 0 Å². The minimum Gasteiger partial charge on any atom is -0.351 e. The van der Waals surface area contributed by atoms with Crippen LogP contribution in [0.4, 0.5) is 0 Å². The Bertz CT molecular complexity index is 279. The summed E-state index contributed by atoms with van der Waals surface area (Å²) in [6.07, 6.45) is 31.6. The molecule has 2 nitrogen and oxygen atoms in total. The number of nitrogens with one attached hydrogen (secondary N) is 1. The van der Waals surface area contributed by atoms with Crippen molar-refractivity contribution in [1.29, 1.82) is 0 Å². The molecule has 1 aromatic rings. The fourth-order valence-electron chi connectivity index (χ4n) is 3.11. The maximum absolute atomic E-state index is 3.67. The molecule has 1 unspecified atom stereocenters. The normalized spacial score (nSPS) is 11.0. The smallest absolute Gasteiger partial charge is 0.0919 e. The van der Waals surface area contributed by atoms with Crippen LogP contribution in [-0.4, -0.2) is 22.3 Å². The Balaban J connectivity index is 0.00000106. The van der Waals surface area contributed by atoms with E-state index in [0.717, 1.165) is 0 Å². The predicted octanol–water partition coefficient (Wildman–Crippen LogP) is 8.36. The molecule has 0 saturated carbocycles. The quantitative estimate of drug-likeness (QED) is 0.200. The second-order valence-corrected chi connectivity index (χ2v) is 8.96. The van der Waals surface area contributed by atoms with Crippen LogP contribution in [0.15, 0.2) is 18.7 Å². The molecule has 0 amide bonds. The van der Waals surface area contributed by atoms with Gasteiger partial charge in [0.2, 0.25) is 0 Å². The lowest BCUT2D eigenvalue weighted by molar-refractivity contribution is 0.548. The summed E-state index contributed by atoms with van der Waals surface area (Å²) in [5, 5.41) is 0. The first kappa shape index (κ1) is 25.6. The Morgan fingerprint density at radius 3 is 1.38 bits per heavy atom. The van der Waals surface area contributed by atoms with Gasteiger partial charge < -0.3 is 4.98 Å². The average Bonchev–Trinajstić information content (AvgIpc) is 3.24. The first-order valence-corrected chi connectivity index (χ1v) is 13.0. The van der Waals surface area contributed by atoms with Crippen molar-refractivity contribution in [1.82, 2.24) is 9.97 Å². The van der Waals surface area contributed by atoms with Gasteiger partial charge in [-0.15, -0.1) is 8.58 Å². The molecule has 0 radical (unpaired) electrons.